The third-order valence-corrected chi connectivity index (χ3v) is 7.03. The van der Waals surface area contributed by atoms with Crippen molar-refractivity contribution in [2.45, 2.75) is 70.1 Å². The Morgan fingerprint density at radius 3 is 2.48 bits per heavy atom. The van der Waals surface area contributed by atoms with Crippen LogP contribution in [-0.4, -0.2) is 51.0 Å². The van der Waals surface area contributed by atoms with Gasteiger partial charge >= 0.3 is 0 Å². The van der Waals surface area contributed by atoms with Crippen molar-refractivity contribution in [3.8, 4) is 0 Å². The van der Waals surface area contributed by atoms with Crippen molar-refractivity contribution in [3.05, 3.63) is 52.3 Å². The monoisotopic (exact) mass is 471 g/mol. The number of nitrogens with zero attached hydrogens (tertiary/aromatic N) is 3. The Morgan fingerprint density at radius 1 is 1.15 bits per heavy atom. The molecule has 1 saturated carbocycles. The molecule has 2 N–H and O–H groups in total. The Labute approximate surface area is 198 Å². The topological polar surface area (TPSA) is 96.3 Å². The number of carbonyl (C=O) groups is 3. The van der Waals surface area contributed by atoms with Crippen molar-refractivity contribution >= 4 is 29.3 Å². The highest BCUT2D eigenvalue weighted by molar-refractivity contribution is 6.30. The summed E-state index contributed by atoms with van der Waals surface area (Å²) in [4.78, 5) is 40.5. The van der Waals surface area contributed by atoms with Gasteiger partial charge in [-0.05, 0) is 37.5 Å². The van der Waals surface area contributed by atoms with Crippen molar-refractivity contribution in [2.24, 2.45) is 0 Å². The Morgan fingerprint density at radius 2 is 1.82 bits per heavy atom. The third-order valence-electron chi connectivity index (χ3n) is 6.78. The average molecular weight is 472 g/mol. The van der Waals surface area contributed by atoms with E-state index in [-0.39, 0.29) is 36.0 Å². The molecule has 8 nitrogen and oxygen atoms in total. The van der Waals surface area contributed by atoms with E-state index >= 15 is 0 Å². The first-order valence-electron chi connectivity index (χ1n) is 11.5. The number of rotatable bonds is 5. The number of halogens is 1. The van der Waals surface area contributed by atoms with Gasteiger partial charge in [0.25, 0.3) is 11.8 Å². The SMILES string of the molecule is CN1C(=O)c2cc(C(=O)NCc3ccc(Cl)cc3)nn2C[C@]1(C)C(=O)NC1CCCCCC1. The zero-order chi connectivity index (χ0) is 23.6. The van der Waals surface area contributed by atoms with Crippen LogP contribution >= 0.6 is 11.6 Å². The fourth-order valence-corrected chi connectivity index (χ4v) is 4.60. The predicted molar refractivity (Wildman–Crippen MR) is 125 cm³/mol. The van der Waals surface area contributed by atoms with Gasteiger partial charge in [0.1, 0.15) is 11.2 Å². The number of amides is 3. The summed E-state index contributed by atoms with van der Waals surface area (Å²) in [5, 5.41) is 11.0. The average Bonchev–Trinajstić information content (AvgIpc) is 3.05. The summed E-state index contributed by atoms with van der Waals surface area (Å²) in [5.41, 5.74) is 0.262. The van der Waals surface area contributed by atoms with Gasteiger partial charge in [-0.2, -0.15) is 5.10 Å². The van der Waals surface area contributed by atoms with E-state index in [9.17, 15) is 14.4 Å². The van der Waals surface area contributed by atoms with Gasteiger partial charge in [0.15, 0.2) is 5.69 Å². The molecule has 1 aliphatic carbocycles. The molecule has 176 valence electrons. The minimum atomic E-state index is -1.08. The van der Waals surface area contributed by atoms with Gasteiger partial charge in [-0.1, -0.05) is 49.4 Å². The van der Waals surface area contributed by atoms with Crippen LogP contribution in [0.2, 0.25) is 5.02 Å². The molecular weight excluding hydrogens is 442 g/mol. The number of carbonyl (C=O) groups excluding carboxylic acids is 3. The Bertz CT molecular complexity index is 1040. The summed E-state index contributed by atoms with van der Waals surface area (Å²) < 4.78 is 1.48. The molecule has 1 aliphatic heterocycles. The molecule has 4 rings (SSSR count). The first kappa shape index (κ1) is 23.3. The second-order valence-electron chi connectivity index (χ2n) is 9.18. The minimum Gasteiger partial charge on any atom is -0.351 e. The van der Waals surface area contributed by atoms with E-state index in [4.69, 9.17) is 11.6 Å². The van der Waals surface area contributed by atoms with E-state index in [1.54, 1.807) is 26.1 Å². The standard InChI is InChI=1S/C24H30ClN5O3/c1-24(23(33)27-18-7-5-3-4-6-8-18)15-30-20(22(32)29(24)2)13-19(28-30)21(31)26-14-16-9-11-17(25)12-10-16/h9-13,18H,3-8,14-15H2,1-2H3,(H,26,31)(H,27,33)/t24-/m1/s1. The lowest BCUT2D eigenvalue weighted by Gasteiger charge is -2.41. The summed E-state index contributed by atoms with van der Waals surface area (Å²) in [5.74, 6) is -0.893. The first-order chi connectivity index (χ1) is 15.8. The largest absolute Gasteiger partial charge is 0.351 e. The minimum absolute atomic E-state index is 0.133. The van der Waals surface area contributed by atoms with E-state index in [0.717, 1.165) is 31.2 Å². The molecule has 2 heterocycles. The van der Waals surface area contributed by atoms with Crippen molar-refractivity contribution in [3.63, 3.8) is 0 Å². The molecule has 0 radical (unpaired) electrons. The molecule has 0 spiro atoms. The molecule has 0 unspecified atom stereocenters. The molecule has 1 fully saturated rings. The molecule has 0 bridgehead atoms. The van der Waals surface area contributed by atoms with E-state index in [1.165, 1.54) is 28.5 Å². The fourth-order valence-electron chi connectivity index (χ4n) is 4.48. The maximum absolute atomic E-state index is 13.3. The van der Waals surface area contributed by atoms with Crippen LogP contribution in [0, 0.1) is 0 Å². The second kappa shape index (κ2) is 9.55. The first-order valence-corrected chi connectivity index (χ1v) is 11.9. The number of likely N-dealkylation sites (N-methyl/N-ethyl adjacent to an activating group) is 1. The Hall–Kier alpha value is -2.87. The third kappa shape index (κ3) is 4.90. The Balaban J connectivity index is 1.46. The highest BCUT2D eigenvalue weighted by Crippen LogP contribution is 2.27. The van der Waals surface area contributed by atoms with E-state index < -0.39 is 5.54 Å². The molecule has 1 atom stereocenters. The van der Waals surface area contributed by atoms with Crippen LogP contribution in [0.5, 0.6) is 0 Å². The van der Waals surface area contributed by atoms with Gasteiger partial charge in [0, 0.05) is 30.7 Å². The van der Waals surface area contributed by atoms with E-state index in [1.807, 2.05) is 12.1 Å². The fraction of sp³-hybridized carbons (Fsp3) is 0.500. The number of aromatic nitrogens is 2. The number of fused-ring (bicyclic) bond motifs is 1. The zero-order valence-corrected chi connectivity index (χ0v) is 19.8. The highest BCUT2D eigenvalue weighted by Gasteiger charge is 2.46. The van der Waals surface area contributed by atoms with Gasteiger partial charge in [-0.25, -0.2) is 0 Å². The quantitative estimate of drug-likeness (QED) is 0.655. The molecule has 1 aromatic heterocycles. The molecule has 2 aliphatic rings. The van der Waals surface area contributed by atoms with E-state index in [2.05, 4.69) is 15.7 Å². The van der Waals surface area contributed by atoms with Crippen LogP contribution in [0.25, 0.3) is 0 Å². The van der Waals surface area contributed by atoms with Crippen LogP contribution in [0.15, 0.2) is 30.3 Å². The van der Waals surface area contributed by atoms with Crippen molar-refractivity contribution in [2.75, 3.05) is 7.05 Å². The number of nitrogens with one attached hydrogen (secondary N) is 2. The molecule has 0 saturated heterocycles. The molecule has 3 amide bonds. The molecule has 9 heteroatoms. The van der Waals surface area contributed by atoms with Crippen molar-refractivity contribution in [1.82, 2.24) is 25.3 Å². The smallest absolute Gasteiger partial charge is 0.272 e. The lowest BCUT2D eigenvalue weighted by molar-refractivity contribution is -0.133. The van der Waals surface area contributed by atoms with E-state index in [0.29, 0.717) is 17.3 Å². The van der Waals surface area contributed by atoms with Crippen molar-refractivity contribution in [1.29, 1.82) is 0 Å². The van der Waals surface area contributed by atoms with Crippen LogP contribution in [0.4, 0.5) is 0 Å². The molecule has 1 aromatic carbocycles. The lowest BCUT2D eigenvalue weighted by Crippen LogP contribution is -2.63. The Kier molecular flexibility index (Phi) is 6.74. The number of hydrogen-bond acceptors (Lipinski definition) is 4. The maximum Gasteiger partial charge on any atom is 0.272 e. The number of benzene rings is 1. The summed E-state index contributed by atoms with van der Waals surface area (Å²) in [6.07, 6.45) is 6.53. The maximum atomic E-state index is 13.3. The van der Waals surface area contributed by atoms with Gasteiger partial charge in [-0.15, -0.1) is 0 Å². The van der Waals surface area contributed by atoms with Gasteiger partial charge in [0.2, 0.25) is 5.91 Å². The summed E-state index contributed by atoms with van der Waals surface area (Å²) in [6.45, 7) is 2.25. The number of hydrogen-bond donors (Lipinski definition) is 2. The van der Waals surface area contributed by atoms with Crippen molar-refractivity contribution < 1.29 is 14.4 Å². The zero-order valence-electron chi connectivity index (χ0n) is 19.1. The highest BCUT2D eigenvalue weighted by atomic mass is 35.5. The van der Waals surface area contributed by atoms with Gasteiger partial charge < -0.3 is 15.5 Å². The summed E-state index contributed by atoms with van der Waals surface area (Å²) >= 11 is 5.90. The molecular formula is C24H30ClN5O3. The van der Waals surface area contributed by atoms with Gasteiger partial charge in [0.05, 0.1) is 6.54 Å². The summed E-state index contributed by atoms with van der Waals surface area (Å²) in [6, 6.07) is 8.80. The van der Waals surface area contributed by atoms with Crippen LogP contribution in [0.1, 0.15) is 72.0 Å². The molecule has 33 heavy (non-hydrogen) atoms. The van der Waals surface area contributed by atoms with Crippen LogP contribution in [0.3, 0.4) is 0 Å². The summed E-state index contributed by atoms with van der Waals surface area (Å²) in [7, 11) is 1.63. The van der Waals surface area contributed by atoms with Crippen LogP contribution in [-0.2, 0) is 17.9 Å². The van der Waals surface area contributed by atoms with Gasteiger partial charge in [-0.3, -0.25) is 19.1 Å². The predicted octanol–water partition coefficient (Wildman–Crippen LogP) is 3.15. The second-order valence-corrected chi connectivity index (χ2v) is 9.62. The normalized spacial score (nSPS) is 21.3. The molecule has 2 aromatic rings. The lowest BCUT2D eigenvalue weighted by atomic mass is 9.95. The van der Waals surface area contributed by atoms with Crippen LogP contribution < -0.4 is 10.6 Å².